The van der Waals surface area contributed by atoms with E-state index in [-0.39, 0.29) is 12.1 Å². The van der Waals surface area contributed by atoms with Gasteiger partial charge in [-0.1, -0.05) is 18.2 Å². The molecule has 1 aromatic carbocycles. The Morgan fingerprint density at radius 1 is 0.938 bits per heavy atom. The van der Waals surface area contributed by atoms with Crippen molar-refractivity contribution < 1.29 is 14.3 Å². The predicted octanol–water partition coefficient (Wildman–Crippen LogP) is 4.18. The maximum Gasteiger partial charge on any atom is 0.320 e. The second-order valence-corrected chi connectivity index (χ2v) is 8.31. The maximum atomic E-state index is 12.5. The van der Waals surface area contributed by atoms with Gasteiger partial charge in [-0.2, -0.15) is 5.10 Å². The Balaban J connectivity index is 0.00000119. The number of aryl methyl sites for hydroxylation is 1. The third kappa shape index (κ3) is 4.47. The number of nitrogens with zero attached hydrogens (tertiary/aromatic N) is 4. The van der Waals surface area contributed by atoms with Crippen molar-refractivity contribution in [3.05, 3.63) is 54.4 Å². The Labute approximate surface area is 188 Å². The number of fused-ring (bicyclic) bond motifs is 1. The lowest BCUT2D eigenvalue weighted by molar-refractivity contribution is -0.0980. The number of ether oxygens (including phenoxy) is 1. The fourth-order valence-electron chi connectivity index (χ4n) is 4.61. The predicted molar refractivity (Wildman–Crippen MR) is 124 cm³/mol. The molecule has 7 heteroatoms. The molecule has 2 amide bonds. The molecule has 0 spiro atoms. The molecular weight excluding hydrogens is 404 g/mol. The number of urea groups is 1. The average Bonchev–Trinajstić information content (AvgIpc) is 3.54. The lowest BCUT2D eigenvalue weighted by Crippen LogP contribution is -2.47. The summed E-state index contributed by atoms with van der Waals surface area (Å²) < 4.78 is 8.19. The Bertz CT molecular complexity index is 1050. The van der Waals surface area contributed by atoms with Crippen LogP contribution in [0.15, 0.2) is 48.7 Å². The fraction of sp³-hybridized carbons (Fsp3) is 0.400. The van der Waals surface area contributed by atoms with E-state index in [4.69, 9.17) is 9.53 Å². The van der Waals surface area contributed by atoms with E-state index in [1.807, 2.05) is 45.5 Å². The summed E-state index contributed by atoms with van der Waals surface area (Å²) in [5, 5.41) is 4.40. The van der Waals surface area contributed by atoms with Crippen LogP contribution in [0.4, 0.5) is 4.79 Å². The molecule has 2 aliphatic rings. The van der Waals surface area contributed by atoms with Crippen LogP contribution in [0.5, 0.6) is 5.75 Å². The minimum Gasteiger partial charge on any atom is -0.490 e. The Hall–Kier alpha value is -3.35. The zero-order chi connectivity index (χ0) is 22.5. The second-order valence-electron chi connectivity index (χ2n) is 8.31. The maximum absolute atomic E-state index is 12.5. The first kappa shape index (κ1) is 21.9. The second kappa shape index (κ2) is 9.85. The third-order valence-corrected chi connectivity index (χ3v) is 6.36. The molecular formula is C25H30N4O3. The molecule has 7 nitrogen and oxygen atoms in total. The number of hydrogen-bond acceptors (Lipinski definition) is 4. The van der Waals surface area contributed by atoms with Crippen molar-refractivity contribution in [3.8, 4) is 16.9 Å². The first-order valence-corrected chi connectivity index (χ1v) is 11.2. The van der Waals surface area contributed by atoms with Gasteiger partial charge >= 0.3 is 6.03 Å². The quantitative estimate of drug-likeness (QED) is 0.620. The van der Waals surface area contributed by atoms with Crippen molar-refractivity contribution in [2.75, 3.05) is 26.2 Å². The van der Waals surface area contributed by atoms with Gasteiger partial charge in [-0.3, -0.25) is 0 Å². The molecule has 2 fully saturated rings. The van der Waals surface area contributed by atoms with Gasteiger partial charge in [-0.05, 0) is 49.6 Å². The van der Waals surface area contributed by atoms with Crippen LogP contribution in [0.3, 0.4) is 0 Å². The van der Waals surface area contributed by atoms with E-state index in [1.54, 1.807) is 0 Å². The largest absolute Gasteiger partial charge is 0.490 e. The molecule has 0 bridgehead atoms. The van der Waals surface area contributed by atoms with E-state index >= 15 is 0 Å². The highest BCUT2D eigenvalue weighted by Crippen LogP contribution is 2.27. The number of amides is 2. The first-order chi connectivity index (χ1) is 15.7. The van der Waals surface area contributed by atoms with Crippen molar-refractivity contribution in [2.24, 2.45) is 0 Å². The number of rotatable bonds is 3. The zero-order valence-electron chi connectivity index (χ0n) is 18.6. The summed E-state index contributed by atoms with van der Waals surface area (Å²) in [4.78, 5) is 24.5. The smallest absolute Gasteiger partial charge is 0.320 e. The topological polar surface area (TPSA) is 67.2 Å². The number of carbonyl (C=O) groups is 2. The van der Waals surface area contributed by atoms with Crippen molar-refractivity contribution in [2.45, 2.75) is 38.7 Å². The van der Waals surface area contributed by atoms with Crippen LogP contribution in [0.2, 0.25) is 0 Å². The van der Waals surface area contributed by atoms with Gasteiger partial charge in [-0.25, -0.2) is 9.31 Å². The minimum absolute atomic E-state index is 0.167. The van der Waals surface area contributed by atoms with Crippen molar-refractivity contribution in [3.63, 3.8) is 0 Å². The van der Waals surface area contributed by atoms with E-state index in [1.165, 1.54) is 5.56 Å². The standard InChI is InChI=1S/C24H28N4O2.CH2O/c1-18-23(9-6-20-10-13-25-28(18)20)19-4-7-21(8-5-19)30-22-11-16-27(17-12-22)24(29)26-14-2-3-15-26;1-2/h4-10,13,22H,2-3,11-12,14-17H2,1H3;1H2. The van der Waals surface area contributed by atoms with Gasteiger partial charge < -0.3 is 19.3 Å². The molecule has 2 aromatic heterocycles. The lowest BCUT2D eigenvalue weighted by Gasteiger charge is -2.34. The summed E-state index contributed by atoms with van der Waals surface area (Å²) in [5.74, 6) is 0.890. The molecule has 0 aliphatic carbocycles. The summed E-state index contributed by atoms with van der Waals surface area (Å²) in [6.45, 7) is 7.47. The zero-order valence-corrected chi connectivity index (χ0v) is 18.6. The van der Waals surface area contributed by atoms with Crippen molar-refractivity contribution >= 4 is 18.3 Å². The molecule has 168 valence electrons. The van der Waals surface area contributed by atoms with Crippen LogP contribution in [0, 0.1) is 6.92 Å². The fourth-order valence-corrected chi connectivity index (χ4v) is 4.61. The van der Waals surface area contributed by atoms with Crippen LogP contribution >= 0.6 is 0 Å². The van der Waals surface area contributed by atoms with Gasteiger partial charge in [0.05, 0.1) is 5.52 Å². The van der Waals surface area contributed by atoms with Gasteiger partial charge in [0.15, 0.2) is 0 Å². The molecule has 2 aliphatic heterocycles. The summed E-state index contributed by atoms with van der Waals surface area (Å²) in [6, 6.07) is 14.8. The minimum atomic E-state index is 0.167. The van der Waals surface area contributed by atoms with Crippen LogP contribution in [-0.2, 0) is 4.79 Å². The summed E-state index contributed by atoms with van der Waals surface area (Å²) in [6.07, 6.45) is 6.04. The lowest BCUT2D eigenvalue weighted by atomic mass is 10.0. The van der Waals surface area contributed by atoms with E-state index in [9.17, 15) is 4.79 Å². The molecule has 0 N–H and O–H groups in total. The molecule has 0 radical (unpaired) electrons. The van der Waals surface area contributed by atoms with Gasteiger partial charge in [0.1, 0.15) is 18.6 Å². The Morgan fingerprint density at radius 2 is 1.59 bits per heavy atom. The molecule has 32 heavy (non-hydrogen) atoms. The van der Waals surface area contributed by atoms with Crippen LogP contribution in [-0.4, -0.2) is 64.5 Å². The molecule has 2 saturated heterocycles. The molecule has 0 unspecified atom stereocenters. The van der Waals surface area contributed by atoms with Crippen molar-refractivity contribution in [1.82, 2.24) is 19.4 Å². The number of likely N-dealkylation sites (tertiary alicyclic amines) is 2. The SMILES string of the molecule is C=O.Cc1c(-c2ccc(OC3CCN(C(=O)N4CCCC4)CC3)cc2)ccc2ccnn12. The van der Waals surface area contributed by atoms with E-state index < -0.39 is 0 Å². The van der Waals surface area contributed by atoms with E-state index in [0.29, 0.717) is 0 Å². The molecule has 0 saturated carbocycles. The Morgan fingerprint density at radius 3 is 2.28 bits per heavy atom. The number of benzene rings is 1. The average molecular weight is 435 g/mol. The van der Waals surface area contributed by atoms with Gasteiger partial charge in [-0.15, -0.1) is 0 Å². The third-order valence-electron chi connectivity index (χ3n) is 6.36. The van der Waals surface area contributed by atoms with Crippen LogP contribution < -0.4 is 4.74 Å². The molecule has 0 atom stereocenters. The number of piperidine rings is 1. The highest BCUT2D eigenvalue weighted by atomic mass is 16.5. The number of aromatic nitrogens is 2. The molecule has 4 heterocycles. The van der Waals surface area contributed by atoms with Crippen LogP contribution in [0.25, 0.3) is 16.6 Å². The number of hydrogen-bond donors (Lipinski definition) is 0. The Kier molecular flexibility index (Phi) is 6.73. The van der Waals surface area contributed by atoms with Gasteiger partial charge in [0.2, 0.25) is 0 Å². The summed E-state index contributed by atoms with van der Waals surface area (Å²) >= 11 is 0. The van der Waals surface area contributed by atoms with Gasteiger partial charge in [0, 0.05) is 56.5 Å². The monoisotopic (exact) mass is 434 g/mol. The summed E-state index contributed by atoms with van der Waals surface area (Å²) in [7, 11) is 0. The summed E-state index contributed by atoms with van der Waals surface area (Å²) in [5.41, 5.74) is 4.56. The highest BCUT2D eigenvalue weighted by Gasteiger charge is 2.28. The van der Waals surface area contributed by atoms with Crippen molar-refractivity contribution in [1.29, 1.82) is 0 Å². The normalized spacial score (nSPS) is 16.7. The molecule has 5 rings (SSSR count). The van der Waals surface area contributed by atoms with Crippen LogP contribution in [0.1, 0.15) is 31.4 Å². The van der Waals surface area contributed by atoms with Gasteiger partial charge in [0.25, 0.3) is 0 Å². The van der Waals surface area contributed by atoms with E-state index in [2.05, 4.69) is 36.3 Å². The molecule has 3 aromatic rings. The number of pyridine rings is 1. The first-order valence-electron chi connectivity index (χ1n) is 11.2. The van der Waals surface area contributed by atoms with E-state index in [0.717, 1.165) is 74.4 Å². The highest BCUT2D eigenvalue weighted by molar-refractivity contribution is 5.74. The number of carbonyl (C=O) groups excluding carboxylic acids is 2.